The number of amides is 1. The van der Waals surface area contributed by atoms with Gasteiger partial charge in [-0.2, -0.15) is 5.10 Å². The molecule has 0 atom stereocenters. The Balaban J connectivity index is 1.45. The largest absolute Gasteiger partial charge is 0.494 e. The molecule has 1 aliphatic rings. The van der Waals surface area contributed by atoms with E-state index in [4.69, 9.17) is 14.5 Å². The van der Waals surface area contributed by atoms with E-state index in [0.717, 1.165) is 35.7 Å². The first kappa shape index (κ1) is 21.4. The molecule has 10 heteroatoms. The molecule has 1 saturated heterocycles. The minimum Gasteiger partial charge on any atom is -0.494 e. The van der Waals surface area contributed by atoms with Crippen LogP contribution in [0.2, 0.25) is 0 Å². The number of aromatic nitrogens is 4. The van der Waals surface area contributed by atoms with Gasteiger partial charge >= 0.3 is 0 Å². The lowest BCUT2D eigenvalue weighted by Gasteiger charge is -2.28. The summed E-state index contributed by atoms with van der Waals surface area (Å²) in [5.74, 6) is 1.51. The Morgan fingerprint density at radius 3 is 2.71 bits per heavy atom. The third-order valence-electron chi connectivity index (χ3n) is 4.99. The molecular formula is C21H26N6O3S. The van der Waals surface area contributed by atoms with Gasteiger partial charge in [0.15, 0.2) is 10.8 Å². The summed E-state index contributed by atoms with van der Waals surface area (Å²) in [6, 6.07) is 7.12. The highest BCUT2D eigenvalue weighted by Crippen LogP contribution is 2.27. The number of nitrogens with zero attached hydrogens (tertiary/aromatic N) is 5. The van der Waals surface area contributed by atoms with E-state index in [9.17, 15) is 4.79 Å². The number of hydrogen-bond acceptors (Lipinski definition) is 8. The molecule has 31 heavy (non-hydrogen) atoms. The van der Waals surface area contributed by atoms with Crippen LogP contribution in [-0.2, 0) is 11.3 Å². The second kappa shape index (κ2) is 9.97. The standard InChI is InChI=1S/C21H26N6O3S/c1-3-30-16-6-4-15(5-7-16)20(28)22-8-9-27-19-17(14-23-27)18(24-21(25-19)31-2)26-10-12-29-13-11-26/h4-7,14H,3,8-13H2,1-2H3,(H,22,28). The van der Waals surface area contributed by atoms with Crippen molar-refractivity contribution in [2.75, 3.05) is 50.6 Å². The summed E-state index contributed by atoms with van der Waals surface area (Å²) < 4.78 is 12.7. The summed E-state index contributed by atoms with van der Waals surface area (Å²) in [5.41, 5.74) is 1.37. The van der Waals surface area contributed by atoms with Crippen LogP contribution < -0.4 is 15.0 Å². The zero-order valence-electron chi connectivity index (χ0n) is 17.7. The minimum absolute atomic E-state index is 0.132. The fourth-order valence-corrected chi connectivity index (χ4v) is 3.79. The van der Waals surface area contributed by atoms with Gasteiger partial charge in [0.2, 0.25) is 0 Å². The normalized spacial score (nSPS) is 14.1. The lowest BCUT2D eigenvalue weighted by molar-refractivity contribution is 0.0952. The molecule has 1 aliphatic heterocycles. The molecule has 1 amide bonds. The second-order valence-electron chi connectivity index (χ2n) is 6.95. The quantitative estimate of drug-likeness (QED) is 0.419. The Kier molecular flexibility index (Phi) is 6.88. The highest BCUT2D eigenvalue weighted by atomic mass is 32.2. The van der Waals surface area contributed by atoms with Crippen molar-refractivity contribution >= 4 is 34.5 Å². The molecule has 0 bridgehead atoms. The molecule has 164 valence electrons. The maximum Gasteiger partial charge on any atom is 0.251 e. The molecule has 1 aromatic carbocycles. The molecule has 0 radical (unpaired) electrons. The first-order valence-corrected chi connectivity index (χ1v) is 11.5. The zero-order chi connectivity index (χ0) is 21.6. The topological polar surface area (TPSA) is 94.4 Å². The van der Waals surface area contributed by atoms with Crippen molar-refractivity contribution in [3.63, 3.8) is 0 Å². The number of nitrogens with one attached hydrogen (secondary N) is 1. The number of anilines is 1. The smallest absolute Gasteiger partial charge is 0.251 e. The van der Waals surface area contributed by atoms with E-state index in [0.29, 0.717) is 43.6 Å². The Labute approximate surface area is 185 Å². The molecule has 0 saturated carbocycles. The van der Waals surface area contributed by atoms with Crippen LogP contribution in [0.4, 0.5) is 5.82 Å². The van der Waals surface area contributed by atoms with Crippen molar-refractivity contribution in [1.29, 1.82) is 0 Å². The average Bonchev–Trinajstić information content (AvgIpc) is 3.22. The Hall–Kier alpha value is -2.85. The maximum absolute atomic E-state index is 12.4. The summed E-state index contributed by atoms with van der Waals surface area (Å²) in [7, 11) is 0. The van der Waals surface area contributed by atoms with Gasteiger partial charge in [-0.05, 0) is 37.4 Å². The van der Waals surface area contributed by atoms with Crippen molar-refractivity contribution in [3.05, 3.63) is 36.0 Å². The van der Waals surface area contributed by atoms with E-state index in [2.05, 4.69) is 20.3 Å². The Bertz CT molecular complexity index is 1030. The van der Waals surface area contributed by atoms with Crippen LogP contribution in [0, 0.1) is 0 Å². The van der Waals surface area contributed by atoms with Crippen molar-refractivity contribution in [2.45, 2.75) is 18.6 Å². The van der Waals surface area contributed by atoms with Crippen molar-refractivity contribution in [3.8, 4) is 5.75 Å². The number of benzene rings is 1. The van der Waals surface area contributed by atoms with Crippen LogP contribution in [0.5, 0.6) is 5.75 Å². The van der Waals surface area contributed by atoms with Gasteiger partial charge < -0.3 is 19.7 Å². The lowest BCUT2D eigenvalue weighted by atomic mass is 10.2. The molecule has 0 spiro atoms. The van der Waals surface area contributed by atoms with Gasteiger partial charge in [0.1, 0.15) is 11.6 Å². The van der Waals surface area contributed by atoms with Gasteiger partial charge in [-0.15, -0.1) is 0 Å². The van der Waals surface area contributed by atoms with Gasteiger partial charge in [0.05, 0.1) is 37.9 Å². The summed E-state index contributed by atoms with van der Waals surface area (Å²) in [5, 5.41) is 9.07. The SMILES string of the molecule is CCOc1ccc(C(=O)NCCn2ncc3c(N4CCOCC4)nc(SC)nc32)cc1. The average molecular weight is 443 g/mol. The molecule has 3 heterocycles. The Morgan fingerprint density at radius 2 is 2.00 bits per heavy atom. The van der Waals surface area contributed by atoms with Crippen molar-refractivity contribution in [1.82, 2.24) is 25.1 Å². The van der Waals surface area contributed by atoms with Crippen LogP contribution in [-0.4, -0.2) is 71.4 Å². The van der Waals surface area contributed by atoms with Crippen LogP contribution in [0.25, 0.3) is 11.0 Å². The Morgan fingerprint density at radius 1 is 1.23 bits per heavy atom. The molecule has 9 nitrogen and oxygen atoms in total. The minimum atomic E-state index is -0.132. The van der Waals surface area contributed by atoms with Gasteiger partial charge in [0.25, 0.3) is 5.91 Å². The summed E-state index contributed by atoms with van der Waals surface area (Å²) in [6.07, 6.45) is 3.76. The predicted molar refractivity (Wildman–Crippen MR) is 120 cm³/mol. The molecule has 2 aromatic heterocycles. The molecule has 1 fully saturated rings. The second-order valence-corrected chi connectivity index (χ2v) is 7.73. The molecule has 0 aliphatic carbocycles. The number of rotatable bonds is 8. The van der Waals surface area contributed by atoms with E-state index in [1.165, 1.54) is 11.8 Å². The van der Waals surface area contributed by atoms with Crippen LogP contribution >= 0.6 is 11.8 Å². The first-order valence-electron chi connectivity index (χ1n) is 10.3. The van der Waals surface area contributed by atoms with Gasteiger partial charge in [-0.1, -0.05) is 11.8 Å². The highest BCUT2D eigenvalue weighted by Gasteiger charge is 2.20. The van der Waals surface area contributed by atoms with Crippen LogP contribution in [0.1, 0.15) is 17.3 Å². The first-order chi connectivity index (χ1) is 15.2. The molecule has 1 N–H and O–H groups in total. The zero-order valence-corrected chi connectivity index (χ0v) is 18.5. The number of hydrogen-bond donors (Lipinski definition) is 1. The number of fused-ring (bicyclic) bond motifs is 1. The van der Waals surface area contributed by atoms with E-state index in [1.54, 1.807) is 30.5 Å². The molecular weight excluding hydrogens is 416 g/mol. The number of ether oxygens (including phenoxy) is 2. The van der Waals surface area contributed by atoms with Crippen LogP contribution in [0.15, 0.2) is 35.6 Å². The molecule has 4 rings (SSSR count). The summed E-state index contributed by atoms with van der Waals surface area (Å²) >= 11 is 1.50. The maximum atomic E-state index is 12.4. The molecule has 0 unspecified atom stereocenters. The monoisotopic (exact) mass is 442 g/mol. The highest BCUT2D eigenvalue weighted by molar-refractivity contribution is 7.98. The fraction of sp³-hybridized carbons (Fsp3) is 0.429. The summed E-state index contributed by atoms with van der Waals surface area (Å²) in [6.45, 7) is 6.44. The third kappa shape index (κ3) is 4.91. The number of morpholine rings is 1. The third-order valence-corrected chi connectivity index (χ3v) is 5.53. The van der Waals surface area contributed by atoms with E-state index in [1.807, 2.05) is 17.9 Å². The molecule has 3 aromatic rings. The summed E-state index contributed by atoms with van der Waals surface area (Å²) in [4.78, 5) is 24.0. The number of thioether (sulfide) groups is 1. The van der Waals surface area contributed by atoms with E-state index >= 15 is 0 Å². The van der Waals surface area contributed by atoms with Gasteiger partial charge in [-0.3, -0.25) is 4.79 Å². The lowest BCUT2D eigenvalue weighted by Crippen LogP contribution is -2.37. The predicted octanol–water partition coefficient (Wildman–Crippen LogP) is 2.21. The number of carbonyl (C=O) groups excluding carboxylic acids is 1. The van der Waals surface area contributed by atoms with E-state index < -0.39 is 0 Å². The van der Waals surface area contributed by atoms with E-state index in [-0.39, 0.29) is 5.91 Å². The van der Waals surface area contributed by atoms with Crippen molar-refractivity contribution in [2.24, 2.45) is 0 Å². The van der Waals surface area contributed by atoms with Crippen molar-refractivity contribution < 1.29 is 14.3 Å². The van der Waals surface area contributed by atoms with Crippen LogP contribution in [0.3, 0.4) is 0 Å². The number of carbonyl (C=O) groups is 1. The van der Waals surface area contributed by atoms with Gasteiger partial charge in [-0.25, -0.2) is 14.6 Å². The van der Waals surface area contributed by atoms with Gasteiger partial charge in [0, 0.05) is 25.2 Å². The fourth-order valence-electron chi connectivity index (χ4n) is 3.44.